The summed E-state index contributed by atoms with van der Waals surface area (Å²) in [7, 11) is 3.79. The molecule has 2 N–H and O–H groups in total. The molecular weight excluding hydrogens is 458 g/mol. The number of benzene rings is 1. The maximum atomic E-state index is 13.3. The Balaban J connectivity index is 2.20. The number of rotatable bonds is 7. The predicted molar refractivity (Wildman–Crippen MR) is 139 cm³/mol. The number of nitrogens with zero attached hydrogens (tertiary/aromatic N) is 2. The number of aryl methyl sites for hydroxylation is 1. The van der Waals surface area contributed by atoms with Gasteiger partial charge in [-0.25, -0.2) is 4.79 Å². The van der Waals surface area contributed by atoms with E-state index >= 15 is 0 Å². The third-order valence-corrected chi connectivity index (χ3v) is 6.57. The van der Waals surface area contributed by atoms with Gasteiger partial charge >= 0.3 is 5.97 Å². The molecule has 1 saturated heterocycles. The summed E-state index contributed by atoms with van der Waals surface area (Å²) in [5.41, 5.74) is 3.33. The van der Waals surface area contributed by atoms with E-state index in [9.17, 15) is 19.5 Å². The van der Waals surface area contributed by atoms with Gasteiger partial charge in [-0.3, -0.25) is 9.59 Å². The Morgan fingerprint density at radius 3 is 2.28 bits per heavy atom. The molecule has 0 radical (unpaired) electrons. The highest BCUT2D eigenvalue weighted by atomic mass is 16.5. The summed E-state index contributed by atoms with van der Waals surface area (Å²) in [6.45, 7) is 12.5. The molecule has 8 nitrogen and oxygen atoms in total. The Morgan fingerprint density at radius 2 is 1.75 bits per heavy atom. The number of aliphatic hydroxyl groups excluding tert-OH is 1. The van der Waals surface area contributed by atoms with Crippen LogP contribution in [0.25, 0.3) is 5.76 Å². The van der Waals surface area contributed by atoms with E-state index in [1.165, 1.54) is 4.90 Å². The van der Waals surface area contributed by atoms with Gasteiger partial charge in [0.05, 0.1) is 18.2 Å². The molecule has 1 aromatic heterocycles. The molecule has 194 valence electrons. The zero-order valence-electron chi connectivity index (χ0n) is 22.5. The Morgan fingerprint density at radius 1 is 1.14 bits per heavy atom. The summed E-state index contributed by atoms with van der Waals surface area (Å²) in [6, 6.07) is 7.06. The zero-order chi connectivity index (χ0) is 26.9. The van der Waals surface area contributed by atoms with Crippen LogP contribution in [0, 0.1) is 13.8 Å². The minimum absolute atomic E-state index is 0.0165. The number of Topliss-reactive ketones (excluding diaryl/α,β-unsaturated/α-hetero) is 1. The molecule has 8 heteroatoms. The molecule has 1 atom stereocenters. The molecule has 0 bridgehead atoms. The number of likely N-dealkylation sites (N-methyl/N-ethyl adjacent to an activating group) is 1. The second kappa shape index (κ2) is 10.3. The molecule has 2 heterocycles. The van der Waals surface area contributed by atoms with Gasteiger partial charge in [0.15, 0.2) is 0 Å². The van der Waals surface area contributed by atoms with Gasteiger partial charge < -0.3 is 24.6 Å². The van der Waals surface area contributed by atoms with Crippen molar-refractivity contribution in [2.24, 2.45) is 0 Å². The Bertz CT molecular complexity index is 1200. The van der Waals surface area contributed by atoms with Crippen molar-refractivity contribution in [3.8, 4) is 0 Å². The van der Waals surface area contributed by atoms with Gasteiger partial charge in [-0.15, -0.1) is 0 Å². The summed E-state index contributed by atoms with van der Waals surface area (Å²) >= 11 is 0. The molecule has 1 aliphatic rings. The summed E-state index contributed by atoms with van der Waals surface area (Å²) in [6.07, 6.45) is 0. The van der Waals surface area contributed by atoms with Crippen molar-refractivity contribution in [2.75, 3.05) is 33.8 Å². The number of aromatic nitrogens is 1. The van der Waals surface area contributed by atoms with Crippen molar-refractivity contribution in [2.45, 2.75) is 53.0 Å². The summed E-state index contributed by atoms with van der Waals surface area (Å²) in [4.78, 5) is 45.3. The van der Waals surface area contributed by atoms with E-state index in [1.807, 2.05) is 43.3 Å². The molecule has 3 rings (SSSR count). The molecule has 36 heavy (non-hydrogen) atoms. The summed E-state index contributed by atoms with van der Waals surface area (Å²) in [5, 5.41) is 11.5. The minimum Gasteiger partial charge on any atom is -0.507 e. The lowest BCUT2D eigenvalue weighted by atomic mass is 9.85. The third kappa shape index (κ3) is 5.09. The fourth-order valence-corrected chi connectivity index (χ4v) is 4.58. The van der Waals surface area contributed by atoms with Gasteiger partial charge in [0, 0.05) is 24.3 Å². The van der Waals surface area contributed by atoms with Crippen molar-refractivity contribution < 1.29 is 24.2 Å². The molecule has 2 aromatic rings. The molecule has 0 unspecified atom stereocenters. The number of ketones is 1. The highest BCUT2D eigenvalue weighted by Crippen LogP contribution is 2.41. The highest BCUT2D eigenvalue weighted by molar-refractivity contribution is 6.46. The van der Waals surface area contributed by atoms with Crippen LogP contribution < -0.4 is 0 Å². The van der Waals surface area contributed by atoms with Gasteiger partial charge in [0.25, 0.3) is 11.7 Å². The number of ether oxygens (including phenoxy) is 1. The average molecular weight is 496 g/mol. The molecule has 1 aliphatic heterocycles. The van der Waals surface area contributed by atoms with Crippen LogP contribution in [0.5, 0.6) is 0 Å². The van der Waals surface area contributed by atoms with Crippen LogP contribution in [0.15, 0.2) is 29.8 Å². The van der Waals surface area contributed by atoms with Crippen LogP contribution in [-0.4, -0.2) is 71.3 Å². The van der Waals surface area contributed by atoms with Gasteiger partial charge in [-0.05, 0) is 57.0 Å². The molecule has 1 fully saturated rings. The number of hydrogen-bond acceptors (Lipinski definition) is 6. The van der Waals surface area contributed by atoms with Gasteiger partial charge in [0.1, 0.15) is 11.5 Å². The molecule has 1 amide bonds. The number of carbonyl (C=O) groups excluding carboxylic acids is 3. The van der Waals surface area contributed by atoms with Crippen molar-refractivity contribution in [1.82, 2.24) is 14.8 Å². The fraction of sp³-hybridized carbons (Fsp3) is 0.464. The molecule has 1 aromatic carbocycles. The van der Waals surface area contributed by atoms with Crippen LogP contribution in [0.3, 0.4) is 0 Å². The second-order valence-electron chi connectivity index (χ2n) is 10.5. The highest BCUT2D eigenvalue weighted by Gasteiger charge is 2.46. The Kier molecular flexibility index (Phi) is 7.79. The summed E-state index contributed by atoms with van der Waals surface area (Å²) < 4.78 is 5.12. The topological polar surface area (TPSA) is 103 Å². The SMILES string of the molecule is CCOC(=O)c1[nH]c(C)c(/C(O)=C2\C(=O)C(=O)N(CCN(C)C)[C@H]2c2ccc(C(C)(C)C)cc2)c1C. The van der Waals surface area contributed by atoms with E-state index < -0.39 is 23.7 Å². The molecular formula is C28H37N3O5. The Hall–Kier alpha value is -3.39. The largest absolute Gasteiger partial charge is 0.507 e. The van der Waals surface area contributed by atoms with Crippen LogP contribution in [0.4, 0.5) is 0 Å². The van der Waals surface area contributed by atoms with E-state index in [-0.39, 0.29) is 29.0 Å². The van der Waals surface area contributed by atoms with E-state index in [4.69, 9.17) is 4.74 Å². The smallest absolute Gasteiger partial charge is 0.355 e. The number of amides is 1. The van der Waals surface area contributed by atoms with Crippen molar-refractivity contribution >= 4 is 23.4 Å². The summed E-state index contributed by atoms with van der Waals surface area (Å²) in [5.74, 6) is -2.24. The number of H-pyrrole nitrogens is 1. The lowest BCUT2D eigenvalue weighted by molar-refractivity contribution is -0.140. The normalized spacial score (nSPS) is 17.8. The first-order valence-corrected chi connectivity index (χ1v) is 12.2. The maximum absolute atomic E-state index is 13.3. The number of carbonyl (C=O) groups is 3. The van der Waals surface area contributed by atoms with E-state index in [0.29, 0.717) is 29.9 Å². The molecule has 0 spiro atoms. The quantitative estimate of drug-likeness (QED) is 0.260. The van der Waals surface area contributed by atoms with Gasteiger partial charge in [0.2, 0.25) is 0 Å². The van der Waals surface area contributed by atoms with E-state index in [0.717, 1.165) is 11.1 Å². The first kappa shape index (κ1) is 27.2. The zero-order valence-corrected chi connectivity index (χ0v) is 22.5. The van der Waals surface area contributed by atoms with Crippen molar-refractivity contribution in [1.29, 1.82) is 0 Å². The van der Waals surface area contributed by atoms with Crippen LogP contribution >= 0.6 is 0 Å². The fourth-order valence-electron chi connectivity index (χ4n) is 4.58. The van der Waals surface area contributed by atoms with Crippen LogP contribution in [0.1, 0.15) is 72.2 Å². The number of hydrogen-bond donors (Lipinski definition) is 2. The molecule has 0 saturated carbocycles. The molecule has 0 aliphatic carbocycles. The minimum atomic E-state index is -0.751. The van der Waals surface area contributed by atoms with Crippen LogP contribution in [0.2, 0.25) is 0 Å². The first-order valence-electron chi connectivity index (χ1n) is 12.2. The number of nitrogens with one attached hydrogen (secondary N) is 1. The number of likely N-dealkylation sites (tertiary alicyclic amines) is 1. The predicted octanol–water partition coefficient (Wildman–Crippen LogP) is 4.09. The third-order valence-electron chi connectivity index (χ3n) is 6.57. The second-order valence-corrected chi connectivity index (χ2v) is 10.5. The van der Waals surface area contributed by atoms with Crippen molar-refractivity contribution in [3.63, 3.8) is 0 Å². The van der Waals surface area contributed by atoms with E-state index in [1.54, 1.807) is 20.8 Å². The number of aliphatic hydroxyl groups is 1. The van der Waals surface area contributed by atoms with Crippen molar-refractivity contribution in [3.05, 3.63) is 63.5 Å². The monoisotopic (exact) mass is 495 g/mol. The number of aromatic amines is 1. The van der Waals surface area contributed by atoms with Crippen LogP contribution in [-0.2, 0) is 19.7 Å². The van der Waals surface area contributed by atoms with Gasteiger partial charge in [-0.1, -0.05) is 45.0 Å². The average Bonchev–Trinajstić information content (AvgIpc) is 3.24. The maximum Gasteiger partial charge on any atom is 0.355 e. The lowest BCUT2D eigenvalue weighted by Crippen LogP contribution is -2.35. The first-order chi connectivity index (χ1) is 16.8. The lowest BCUT2D eigenvalue weighted by Gasteiger charge is -2.27. The Labute approximate surface area is 212 Å². The van der Waals surface area contributed by atoms with E-state index in [2.05, 4.69) is 25.8 Å². The van der Waals surface area contributed by atoms with Gasteiger partial charge in [-0.2, -0.15) is 0 Å². The number of esters is 1. The standard InChI is InChI=1S/C28H37N3O5/c1-9-36-27(35)22-16(2)20(17(3)29-22)24(32)21-23(18-10-12-19(13-11-18)28(4,5)6)31(15-14-30(7)8)26(34)25(21)33/h10-13,23,29,32H,9,14-15H2,1-8H3/b24-21+/t23-/m0/s1.